The number of nitrogens with zero attached hydrogens (tertiary/aromatic N) is 1. The topological polar surface area (TPSA) is 89.3 Å². The van der Waals surface area contributed by atoms with Crippen LogP contribution in [0.1, 0.15) is 36.4 Å². The zero-order valence-electron chi connectivity index (χ0n) is 13.2. The minimum absolute atomic E-state index is 0.0731. The molecule has 2 rings (SSSR count). The number of aromatic nitrogens is 1. The summed E-state index contributed by atoms with van der Waals surface area (Å²) < 4.78 is 28.9. The number of benzene rings is 1. The van der Waals surface area contributed by atoms with Gasteiger partial charge in [-0.25, -0.2) is 8.42 Å². The molecule has 124 valence electrons. The van der Waals surface area contributed by atoms with Crippen molar-refractivity contribution in [1.82, 2.24) is 10.5 Å². The van der Waals surface area contributed by atoms with Gasteiger partial charge in [0.2, 0.25) is 5.91 Å². The summed E-state index contributed by atoms with van der Waals surface area (Å²) in [6.45, 7) is 3.56. The van der Waals surface area contributed by atoms with Gasteiger partial charge in [0.15, 0.2) is 9.84 Å². The third kappa shape index (κ3) is 5.52. The second-order valence-corrected chi connectivity index (χ2v) is 7.65. The van der Waals surface area contributed by atoms with Crippen molar-refractivity contribution in [2.24, 2.45) is 0 Å². The van der Waals surface area contributed by atoms with E-state index in [9.17, 15) is 13.2 Å². The molecule has 23 heavy (non-hydrogen) atoms. The third-order valence-corrected chi connectivity index (χ3v) is 4.92. The highest BCUT2D eigenvalue weighted by molar-refractivity contribution is 7.90. The molecule has 0 aliphatic heterocycles. The SMILES string of the molecule is Cc1cc(CS(=O)(=O)CCC(=O)NC(C)c2ccccc2)no1. The van der Waals surface area contributed by atoms with Crippen LogP contribution < -0.4 is 5.32 Å². The Hall–Kier alpha value is -2.15. The Labute approximate surface area is 135 Å². The molecule has 0 saturated carbocycles. The van der Waals surface area contributed by atoms with E-state index in [4.69, 9.17) is 4.52 Å². The van der Waals surface area contributed by atoms with Crippen molar-refractivity contribution in [1.29, 1.82) is 0 Å². The number of rotatable bonds is 7. The average molecular weight is 336 g/mol. The van der Waals surface area contributed by atoms with E-state index in [0.29, 0.717) is 11.5 Å². The average Bonchev–Trinajstić information content (AvgIpc) is 2.90. The predicted octanol–water partition coefficient (Wildman–Crippen LogP) is 2.17. The third-order valence-electron chi connectivity index (χ3n) is 3.36. The van der Waals surface area contributed by atoms with Crippen LogP contribution in [0.3, 0.4) is 0 Å². The van der Waals surface area contributed by atoms with Crippen LogP contribution in [-0.2, 0) is 20.4 Å². The molecule has 0 fully saturated rings. The zero-order chi connectivity index (χ0) is 16.9. The van der Waals surface area contributed by atoms with Gasteiger partial charge in [0, 0.05) is 12.5 Å². The minimum Gasteiger partial charge on any atom is -0.361 e. The Bertz CT molecular complexity index is 753. The second-order valence-electron chi connectivity index (χ2n) is 5.47. The van der Waals surface area contributed by atoms with Gasteiger partial charge in [-0.2, -0.15) is 0 Å². The molecule has 0 saturated heterocycles. The molecule has 6 nitrogen and oxygen atoms in total. The van der Waals surface area contributed by atoms with Crippen LogP contribution >= 0.6 is 0 Å². The lowest BCUT2D eigenvalue weighted by Gasteiger charge is -2.14. The first-order valence-electron chi connectivity index (χ1n) is 7.32. The second kappa shape index (κ2) is 7.41. The van der Waals surface area contributed by atoms with E-state index >= 15 is 0 Å². The van der Waals surface area contributed by atoms with Gasteiger partial charge in [0.25, 0.3) is 0 Å². The number of hydrogen-bond acceptors (Lipinski definition) is 5. The largest absolute Gasteiger partial charge is 0.361 e. The maximum atomic E-state index is 12.0. The van der Waals surface area contributed by atoms with Crippen LogP contribution in [0.5, 0.6) is 0 Å². The first-order valence-corrected chi connectivity index (χ1v) is 9.15. The van der Waals surface area contributed by atoms with Crippen molar-refractivity contribution in [2.45, 2.75) is 32.1 Å². The molecule has 1 heterocycles. The molecule has 1 aromatic heterocycles. The highest BCUT2D eigenvalue weighted by Crippen LogP contribution is 2.12. The Balaban J connectivity index is 1.83. The Morgan fingerprint density at radius 2 is 2.00 bits per heavy atom. The van der Waals surface area contributed by atoms with Gasteiger partial charge in [-0.3, -0.25) is 4.79 Å². The van der Waals surface area contributed by atoms with E-state index in [1.807, 2.05) is 37.3 Å². The molecule has 1 aromatic carbocycles. The normalized spacial score (nSPS) is 12.8. The standard InChI is InChI=1S/C16H20N2O4S/c1-12-10-15(18-22-12)11-23(20,21)9-8-16(19)17-13(2)14-6-4-3-5-7-14/h3-7,10,13H,8-9,11H2,1-2H3,(H,17,19). The number of nitrogens with one attached hydrogen (secondary N) is 1. The van der Waals surface area contributed by atoms with Crippen molar-refractivity contribution in [3.63, 3.8) is 0 Å². The first-order chi connectivity index (χ1) is 10.9. The number of aryl methyl sites for hydroxylation is 1. The molecule has 1 N–H and O–H groups in total. The number of carbonyl (C=O) groups is 1. The highest BCUT2D eigenvalue weighted by atomic mass is 32.2. The summed E-state index contributed by atoms with van der Waals surface area (Å²) in [7, 11) is -3.40. The van der Waals surface area contributed by atoms with Gasteiger partial charge in [-0.15, -0.1) is 0 Å². The van der Waals surface area contributed by atoms with Crippen molar-refractivity contribution in [3.8, 4) is 0 Å². The molecule has 0 spiro atoms. The smallest absolute Gasteiger partial charge is 0.221 e. The van der Waals surface area contributed by atoms with E-state index < -0.39 is 9.84 Å². The molecule has 7 heteroatoms. The molecule has 0 aliphatic carbocycles. The lowest BCUT2D eigenvalue weighted by atomic mass is 10.1. The van der Waals surface area contributed by atoms with E-state index in [1.54, 1.807) is 13.0 Å². The molecule has 1 atom stereocenters. The minimum atomic E-state index is -3.40. The molecular formula is C16H20N2O4S. The number of hydrogen-bond donors (Lipinski definition) is 1. The van der Waals surface area contributed by atoms with E-state index in [-0.39, 0.29) is 29.9 Å². The van der Waals surface area contributed by atoms with Crippen LogP contribution in [0.25, 0.3) is 0 Å². The van der Waals surface area contributed by atoms with E-state index in [0.717, 1.165) is 5.56 Å². The van der Waals surface area contributed by atoms with E-state index in [2.05, 4.69) is 10.5 Å². The Kier molecular flexibility index (Phi) is 5.54. The number of carbonyl (C=O) groups excluding carboxylic acids is 1. The van der Waals surface area contributed by atoms with Crippen LogP contribution in [0.4, 0.5) is 0 Å². The Morgan fingerprint density at radius 3 is 2.61 bits per heavy atom. The van der Waals surface area contributed by atoms with Crippen molar-refractivity contribution >= 4 is 15.7 Å². The summed E-state index contributed by atoms with van der Waals surface area (Å²) in [5, 5.41) is 6.46. The maximum Gasteiger partial charge on any atom is 0.221 e. The predicted molar refractivity (Wildman–Crippen MR) is 86.3 cm³/mol. The first kappa shape index (κ1) is 17.2. The van der Waals surface area contributed by atoms with Gasteiger partial charge in [0.1, 0.15) is 5.76 Å². The molecule has 1 unspecified atom stereocenters. The quantitative estimate of drug-likeness (QED) is 0.837. The summed E-state index contributed by atoms with van der Waals surface area (Å²) in [5.74, 6) is -0.163. The van der Waals surface area contributed by atoms with Crippen LogP contribution in [0, 0.1) is 6.92 Å². The fraction of sp³-hybridized carbons (Fsp3) is 0.375. The number of sulfone groups is 1. The summed E-state index contributed by atoms with van der Waals surface area (Å²) in [6, 6.07) is 10.9. The maximum absolute atomic E-state index is 12.0. The molecule has 2 aromatic rings. The van der Waals surface area contributed by atoms with Gasteiger partial charge < -0.3 is 9.84 Å². The van der Waals surface area contributed by atoms with Crippen LogP contribution in [-0.4, -0.2) is 25.2 Å². The van der Waals surface area contributed by atoms with Crippen molar-refractivity contribution < 1.29 is 17.7 Å². The lowest BCUT2D eigenvalue weighted by molar-refractivity contribution is -0.121. The molecule has 0 radical (unpaired) electrons. The number of amides is 1. The van der Waals surface area contributed by atoms with Gasteiger partial charge in [0.05, 0.1) is 23.2 Å². The molecular weight excluding hydrogens is 316 g/mol. The zero-order valence-corrected chi connectivity index (χ0v) is 14.0. The lowest BCUT2D eigenvalue weighted by Crippen LogP contribution is -2.28. The Morgan fingerprint density at radius 1 is 1.30 bits per heavy atom. The fourth-order valence-corrected chi connectivity index (χ4v) is 3.40. The summed E-state index contributed by atoms with van der Waals surface area (Å²) in [5.41, 5.74) is 1.34. The van der Waals surface area contributed by atoms with E-state index in [1.165, 1.54) is 0 Å². The van der Waals surface area contributed by atoms with Gasteiger partial charge in [-0.1, -0.05) is 35.5 Å². The molecule has 0 aliphatic rings. The summed E-state index contributed by atoms with van der Waals surface area (Å²) in [6.07, 6.45) is -0.0731. The van der Waals surface area contributed by atoms with Crippen LogP contribution in [0.2, 0.25) is 0 Å². The molecule has 0 bridgehead atoms. The molecule has 1 amide bonds. The van der Waals surface area contributed by atoms with Crippen molar-refractivity contribution in [3.05, 3.63) is 53.4 Å². The van der Waals surface area contributed by atoms with Gasteiger partial charge >= 0.3 is 0 Å². The van der Waals surface area contributed by atoms with Gasteiger partial charge in [-0.05, 0) is 19.4 Å². The highest BCUT2D eigenvalue weighted by Gasteiger charge is 2.18. The summed E-state index contributed by atoms with van der Waals surface area (Å²) >= 11 is 0. The van der Waals surface area contributed by atoms with Crippen molar-refractivity contribution in [2.75, 3.05) is 5.75 Å². The van der Waals surface area contributed by atoms with Crippen LogP contribution in [0.15, 0.2) is 40.9 Å². The fourth-order valence-electron chi connectivity index (χ4n) is 2.17. The monoisotopic (exact) mass is 336 g/mol. The summed E-state index contributed by atoms with van der Waals surface area (Å²) in [4.78, 5) is 11.9.